The SMILES string of the molecule is Cn1nc(C2CCN(Cc3ccccn3)CC2)n(C2CCCC2)c1=O. The zero-order valence-corrected chi connectivity index (χ0v) is 15.0. The van der Waals surface area contributed by atoms with Gasteiger partial charge in [-0.05, 0) is 50.9 Å². The number of hydrogen-bond donors (Lipinski definition) is 0. The van der Waals surface area contributed by atoms with Crippen molar-refractivity contribution in [1.82, 2.24) is 24.2 Å². The topological polar surface area (TPSA) is 56.0 Å². The van der Waals surface area contributed by atoms with Gasteiger partial charge in [0.15, 0.2) is 0 Å². The predicted octanol–water partition coefficient (Wildman–Crippen LogP) is 2.47. The number of likely N-dealkylation sites (tertiary alicyclic amines) is 1. The molecule has 4 rings (SSSR count). The third-order valence-corrected chi connectivity index (χ3v) is 5.74. The smallest absolute Gasteiger partial charge is 0.297 e. The van der Waals surface area contributed by atoms with Crippen LogP contribution >= 0.6 is 0 Å². The van der Waals surface area contributed by atoms with Crippen molar-refractivity contribution in [3.05, 3.63) is 46.4 Å². The molecule has 1 saturated carbocycles. The average Bonchev–Trinajstić information content (AvgIpc) is 3.25. The third-order valence-electron chi connectivity index (χ3n) is 5.74. The second-order valence-electron chi connectivity index (χ2n) is 7.44. The van der Waals surface area contributed by atoms with Gasteiger partial charge in [0.2, 0.25) is 0 Å². The molecule has 0 amide bonds. The van der Waals surface area contributed by atoms with Crippen LogP contribution in [0.1, 0.15) is 62.0 Å². The lowest BCUT2D eigenvalue weighted by atomic mass is 9.95. The molecular formula is C19H27N5O. The molecule has 0 N–H and O–H groups in total. The number of aryl methyl sites for hydroxylation is 1. The maximum atomic E-state index is 12.6. The fraction of sp³-hybridized carbons (Fsp3) is 0.632. The lowest BCUT2D eigenvalue weighted by molar-refractivity contribution is 0.196. The summed E-state index contributed by atoms with van der Waals surface area (Å²) >= 11 is 0. The fourth-order valence-electron chi connectivity index (χ4n) is 4.35. The minimum absolute atomic E-state index is 0.0674. The normalized spacial score (nSPS) is 20.4. The molecule has 0 bridgehead atoms. The van der Waals surface area contributed by atoms with Crippen molar-refractivity contribution in [2.75, 3.05) is 13.1 Å². The molecule has 6 nitrogen and oxygen atoms in total. The Morgan fingerprint density at radius 1 is 1.12 bits per heavy atom. The van der Waals surface area contributed by atoms with Gasteiger partial charge >= 0.3 is 5.69 Å². The molecule has 0 atom stereocenters. The number of pyridine rings is 1. The molecule has 134 valence electrons. The molecule has 3 heterocycles. The van der Waals surface area contributed by atoms with Gasteiger partial charge in [0.25, 0.3) is 0 Å². The molecule has 2 fully saturated rings. The van der Waals surface area contributed by atoms with Gasteiger partial charge in [-0.3, -0.25) is 14.5 Å². The molecule has 2 aromatic heterocycles. The van der Waals surface area contributed by atoms with Gasteiger partial charge in [0.05, 0.1) is 5.69 Å². The maximum absolute atomic E-state index is 12.6. The summed E-state index contributed by atoms with van der Waals surface area (Å²) in [7, 11) is 1.79. The Kier molecular flexibility index (Phi) is 4.70. The highest BCUT2D eigenvalue weighted by molar-refractivity contribution is 5.05. The largest absolute Gasteiger partial charge is 0.345 e. The Morgan fingerprint density at radius 3 is 2.56 bits per heavy atom. The van der Waals surface area contributed by atoms with Crippen LogP contribution < -0.4 is 5.69 Å². The standard InChI is InChI=1S/C19H27N5O/c1-22-19(25)24(17-7-2-3-8-17)18(21-22)15-9-12-23(13-10-15)14-16-6-4-5-11-20-16/h4-6,11,15,17H,2-3,7-10,12-14H2,1H3. The summed E-state index contributed by atoms with van der Waals surface area (Å²) in [6.07, 6.45) is 8.69. The molecule has 1 aliphatic heterocycles. The summed E-state index contributed by atoms with van der Waals surface area (Å²) in [5.41, 5.74) is 1.19. The molecule has 0 radical (unpaired) electrons. The first-order chi connectivity index (χ1) is 12.2. The molecule has 1 saturated heterocycles. The van der Waals surface area contributed by atoms with Gasteiger partial charge in [-0.1, -0.05) is 18.9 Å². The van der Waals surface area contributed by atoms with E-state index in [1.807, 2.05) is 22.9 Å². The molecule has 2 aliphatic rings. The number of aromatic nitrogens is 4. The van der Waals surface area contributed by atoms with Crippen LogP contribution in [0.5, 0.6) is 0 Å². The number of hydrogen-bond acceptors (Lipinski definition) is 4. The highest BCUT2D eigenvalue weighted by Crippen LogP contribution is 2.33. The Morgan fingerprint density at radius 2 is 1.88 bits per heavy atom. The number of piperidine rings is 1. The van der Waals surface area contributed by atoms with Crippen molar-refractivity contribution in [1.29, 1.82) is 0 Å². The quantitative estimate of drug-likeness (QED) is 0.857. The highest BCUT2D eigenvalue weighted by Gasteiger charge is 2.30. The van der Waals surface area contributed by atoms with Crippen LogP contribution in [0.2, 0.25) is 0 Å². The van der Waals surface area contributed by atoms with E-state index >= 15 is 0 Å². The second kappa shape index (κ2) is 7.12. The number of rotatable bonds is 4. The summed E-state index contributed by atoms with van der Waals surface area (Å²) in [5.74, 6) is 1.42. The van der Waals surface area contributed by atoms with Crippen molar-refractivity contribution in [2.24, 2.45) is 7.05 Å². The zero-order chi connectivity index (χ0) is 17.2. The molecular weight excluding hydrogens is 314 g/mol. The minimum Gasteiger partial charge on any atom is -0.297 e. The van der Waals surface area contributed by atoms with Crippen LogP contribution in [0.4, 0.5) is 0 Å². The van der Waals surface area contributed by atoms with Gasteiger partial charge in [-0.15, -0.1) is 0 Å². The first-order valence-corrected chi connectivity index (χ1v) is 9.50. The van der Waals surface area contributed by atoms with Gasteiger partial charge < -0.3 is 0 Å². The third kappa shape index (κ3) is 3.40. The molecule has 25 heavy (non-hydrogen) atoms. The van der Waals surface area contributed by atoms with E-state index in [1.165, 1.54) is 17.5 Å². The Labute approximate surface area is 148 Å². The summed E-state index contributed by atoms with van der Waals surface area (Å²) in [5, 5.41) is 4.62. The highest BCUT2D eigenvalue weighted by atomic mass is 16.2. The summed E-state index contributed by atoms with van der Waals surface area (Å²) in [6, 6.07) is 6.45. The molecule has 0 unspecified atom stereocenters. The Balaban J connectivity index is 1.46. The van der Waals surface area contributed by atoms with E-state index in [0.29, 0.717) is 12.0 Å². The van der Waals surface area contributed by atoms with Gasteiger partial charge in [-0.2, -0.15) is 5.10 Å². The predicted molar refractivity (Wildman–Crippen MR) is 96.5 cm³/mol. The average molecular weight is 341 g/mol. The van der Waals surface area contributed by atoms with E-state index in [2.05, 4.69) is 21.0 Å². The van der Waals surface area contributed by atoms with Crippen molar-refractivity contribution in [3.63, 3.8) is 0 Å². The Bertz CT molecular complexity index is 752. The molecule has 2 aromatic rings. The van der Waals surface area contributed by atoms with E-state index in [1.54, 1.807) is 7.05 Å². The molecule has 0 spiro atoms. The van der Waals surface area contributed by atoms with Gasteiger partial charge in [0, 0.05) is 31.7 Å². The van der Waals surface area contributed by atoms with Crippen LogP contribution in [0.3, 0.4) is 0 Å². The van der Waals surface area contributed by atoms with Crippen molar-refractivity contribution >= 4 is 0 Å². The summed E-state index contributed by atoms with van der Waals surface area (Å²) < 4.78 is 3.56. The molecule has 0 aromatic carbocycles. The van der Waals surface area contributed by atoms with E-state index < -0.39 is 0 Å². The van der Waals surface area contributed by atoms with E-state index in [0.717, 1.165) is 56.8 Å². The first kappa shape index (κ1) is 16.5. The van der Waals surface area contributed by atoms with Crippen molar-refractivity contribution < 1.29 is 0 Å². The van der Waals surface area contributed by atoms with E-state index in [4.69, 9.17) is 0 Å². The van der Waals surface area contributed by atoms with Crippen LogP contribution in [0.15, 0.2) is 29.2 Å². The summed E-state index contributed by atoms with van der Waals surface area (Å²) in [4.78, 5) is 19.5. The maximum Gasteiger partial charge on any atom is 0.345 e. The number of nitrogens with zero attached hydrogens (tertiary/aromatic N) is 5. The van der Waals surface area contributed by atoms with E-state index in [9.17, 15) is 4.79 Å². The van der Waals surface area contributed by atoms with Crippen molar-refractivity contribution in [2.45, 2.75) is 57.0 Å². The minimum atomic E-state index is 0.0674. The van der Waals surface area contributed by atoms with Gasteiger partial charge in [0.1, 0.15) is 5.82 Å². The van der Waals surface area contributed by atoms with Crippen LogP contribution in [0, 0.1) is 0 Å². The zero-order valence-electron chi connectivity index (χ0n) is 15.0. The first-order valence-electron chi connectivity index (χ1n) is 9.50. The summed E-state index contributed by atoms with van der Waals surface area (Å²) in [6.45, 7) is 2.98. The second-order valence-corrected chi connectivity index (χ2v) is 7.44. The Hall–Kier alpha value is -1.95. The molecule has 6 heteroatoms. The fourth-order valence-corrected chi connectivity index (χ4v) is 4.35. The van der Waals surface area contributed by atoms with Crippen molar-refractivity contribution in [3.8, 4) is 0 Å². The lowest BCUT2D eigenvalue weighted by Gasteiger charge is -2.31. The van der Waals surface area contributed by atoms with Gasteiger partial charge in [-0.25, -0.2) is 9.48 Å². The van der Waals surface area contributed by atoms with Crippen LogP contribution in [0.25, 0.3) is 0 Å². The molecule has 1 aliphatic carbocycles. The van der Waals surface area contributed by atoms with E-state index in [-0.39, 0.29) is 5.69 Å². The van der Waals surface area contributed by atoms with Crippen LogP contribution in [-0.4, -0.2) is 37.3 Å². The monoisotopic (exact) mass is 341 g/mol. The van der Waals surface area contributed by atoms with Crippen LogP contribution in [-0.2, 0) is 13.6 Å². The lowest BCUT2D eigenvalue weighted by Crippen LogP contribution is -2.34.